The number of amides is 1. The largest absolute Gasteiger partial charge is 0.322 e. The Morgan fingerprint density at radius 2 is 1.50 bits per heavy atom. The van der Waals surface area contributed by atoms with Gasteiger partial charge in [-0.25, -0.2) is 4.68 Å². The second kappa shape index (κ2) is 8.27. The second-order valence-electron chi connectivity index (χ2n) is 8.58. The summed E-state index contributed by atoms with van der Waals surface area (Å²) in [6.45, 7) is 12.3. The molecule has 3 aromatic rings. The van der Waals surface area contributed by atoms with E-state index in [0.29, 0.717) is 16.8 Å². The van der Waals surface area contributed by atoms with Crippen LogP contribution in [0.5, 0.6) is 0 Å². The van der Waals surface area contributed by atoms with Crippen LogP contribution in [-0.2, 0) is 11.8 Å². The molecule has 1 N–H and O–H groups in total. The molecule has 1 aromatic heterocycles. The summed E-state index contributed by atoms with van der Waals surface area (Å²) >= 11 is 0. The van der Waals surface area contributed by atoms with E-state index in [-0.39, 0.29) is 17.2 Å². The third-order valence-corrected chi connectivity index (χ3v) is 5.39. The average molecular weight is 404 g/mol. The van der Waals surface area contributed by atoms with E-state index in [2.05, 4.69) is 38.1 Å². The Labute approximate surface area is 178 Å². The number of rotatable bonds is 4. The molecule has 0 bridgehead atoms. The summed E-state index contributed by atoms with van der Waals surface area (Å²) in [6, 6.07) is 14.5. The number of nitrogens with one attached hydrogen (secondary N) is 1. The number of benzene rings is 2. The molecule has 0 unspecified atom stereocenters. The van der Waals surface area contributed by atoms with Crippen LogP contribution < -0.4 is 5.32 Å². The summed E-state index contributed by atoms with van der Waals surface area (Å²) in [5, 5.41) is 7.27. The zero-order valence-electron chi connectivity index (χ0n) is 18.5. The zero-order valence-corrected chi connectivity index (χ0v) is 18.5. The summed E-state index contributed by atoms with van der Waals surface area (Å²) in [7, 11) is 0. The molecular weight excluding hydrogens is 374 g/mol. The van der Waals surface area contributed by atoms with E-state index in [9.17, 15) is 9.59 Å². The van der Waals surface area contributed by atoms with Crippen LogP contribution in [0.1, 0.15) is 70.9 Å². The molecule has 5 nitrogen and oxygen atoms in total. The summed E-state index contributed by atoms with van der Waals surface area (Å²) in [5.74, 6) is -0.355. The zero-order chi connectivity index (χ0) is 22.1. The van der Waals surface area contributed by atoms with Crippen LogP contribution in [0.15, 0.2) is 48.5 Å². The minimum atomic E-state index is -0.180. The van der Waals surface area contributed by atoms with Gasteiger partial charge in [-0.1, -0.05) is 39.8 Å². The molecule has 0 spiro atoms. The van der Waals surface area contributed by atoms with Crippen molar-refractivity contribution >= 4 is 17.5 Å². The number of anilines is 1. The molecule has 0 atom stereocenters. The highest BCUT2D eigenvalue weighted by Crippen LogP contribution is 2.22. The molecule has 0 radical (unpaired) electrons. The maximum absolute atomic E-state index is 12.8. The molecule has 0 aliphatic carbocycles. The predicted molar refractivity (Wildman–Crippen MR) is 120 cm³/mol. The van der Waals surface area contributed by atoms with Crippen molar-refractivity contribution in [2.45, 2.75) is 53.4 Å². The molecule has 3 rings (SSSR count). The third kappa shape index (κ3) is 4.35. The van der Waals surface area contributed by atoms with Gasteiger partial charge in [0, 0.05) is 22.5 Å². The Morgan fingerprint density at radius 1 is 0.933 bits per heavy atom. The fourth-order valence-corrected chi connectivity index (χ4v) is 3.53. The van der Waals surface area contributed by atoms with Crippen molar-refractivity contribution in [3.05, 3.63) is 82.2 Å². The number of hydrogen-bond acceptors (Lipinski definition) is 3. The van der Waals surface area contributed by atoms with Crippen LogP contribution in [0, 0.1) is 13.8 Å². The molecule has 1 amide bonds. The van der Waals surface area contributed by atoms with Crippen LogP contribution in [0.25, 0.3) is 0 Å². The van der Waals surface area contributed by atoms with Crippen LogP contribution in [0.2, 0.25) is 0 Å². The van der Waals surface area contributed by atoms with E-state index in [1.165, 1.54) is 10.2 Å². The molecular formula is C25H29N3O2. The summed E-state index contributed by atoms with van der Waals surface area (Å²) in [5.41, 5.74) is 5.83. The Balaban J connectivity index is 1.73. The standard InChI is InChI=1S/C25H29N3O2/c1-7-22-16(2)27-28(17(22)3)24(30)19-10-14-21(15-11-19)26-23(29)18-8-12-20(13-9-18)25(4,5)6/h8-15H,7H2,1-6H3,(H,26,29). The Morgan fingerprint density at radius 3 is 2.00 bits per heavy atom. The third-order valence-electron chi connectivity index (χ3n) is 5.39. The fraction of sp³-hybridized carbons (Fsp3) is 0.320. The van der Waals surface area contributed by atoms with Gasteiger partial charge in [0.25, 0.3) is 11.8 Å². The van der Waals surface area contributed by atoms with Gasteiger partial charge in [0.1, 0.15) is 0 Å². The number of hydrogen-bond donors (Lipinski definition) is 1. The van der Waals surface area contributed by atoms with Crippen molar-refractivity contribution in [1.82, 2.24) is 9.78 Å². The lowest BCUT2D eigenvalue weighted by Crippen LogP contribution is -2.16. The molecule has 1 heterocycles. The van der Waals surface area contributed by atoms with E-state index < -0.39 is 0 Å². The molecule has 0 aliphatic rings. The van der Waals surface area contributed by atoms with Gasteiger partial charge in [-0.2, -0.15) is 5.10 Å². The second-order valence-corrected chi connectivity index (χ2v) is 8.58. The summed E-state index contributed by atoms with van der Waals surface area (Å²) < 4.78 is 1.46. The first-order valence-corrected chi connectivity index (χ1v) is 10.2. The van der Waals surface area contributed by atoms with Crippen LogP contribution in [0.3, 0.4) is 0 Å². The van der Waals surface area contributed by atoms with Crippen LogP contribution in [0.4, 0.5) is 5.69 Å². The van der Waals surface area contributed by atoms with Crippen LogP contribution >= 0.6 is 0 Å². The Hall–Kier alpha value is -3.21. The van der Waals surface area contributed by atoms with Gasteiger partial charge in [-0.3, -0.25) is 9.59 Å². The van der Waals surface area contributed by atoms with Gasteiger partial charge in [0.15, 0.2) is 0 Å². The maximum Gasteiger partial charge on any atom is 0.278 e. The Kier molecular flexibility index (Phi) is 5.92. The van der Waals surface area contributed by atoms with Gasteiger partial charge in [0.2, 0.25) is 0 Å². The molecule has 5 heteroatoms. The van der Waals surface area contributed by atoms with E-state index >= 15 is 0 Å². The molecule has 0 fully saturated rings. The summed E-state index contributed by atoms with van der Waals surface area (Å²) in [4.78, 5) is 25.4. The monoisotopic (exact) mass is 403 g/mol. The fourth-order valence-electron chi connectivity index (χ4n) is 3.53. The number of nitrogens with zero attached hydrogens (tertiary/aromatic N) is 2. The molecule has 2 aromatic carbocycles. The normalized spacial score (nSPS) is 11.4. The highest BCUT2D eigenvalue weighted by molar-refractivity contribution is 6.04. The van der Waals surface area contributed by atoms with Gasteiger partial charge in [-0.15, -0.1) is 0 Å². The Bertz CT molecular complexity index is 1070. The average Bonchev–Trinajstić information content (AvgIpc) is 3.00. The van der Waals surface area contributed by atoms with Crippen molar-refractivity contribution in [2.24, 2.45) is 0 Å². The first-order chi connectivity index (χ1) is 14.1. The van der Waals surface area contributed by atoms with Crippen LogP contribution in [-0.4, -0.2) is 21.6 Å². The smallest absolute Gasteiger partial charge is 0.278 e. The van der Waals surface area contributed by atoms with Gasteiger partial charge >= 0.3 is 0 Å². The molecule has 156 valence electrons. The topological polar surface area (TPSA) is 64.0 Å². The molecule has 30 heavy (non-hydrogen) atoms. The van der Waals surface area contributed by atoms with Crippen molar-refractivity contribution in [2.75, 3.05) is 5.32 Å². The van der Waals surface area contributed by atoms with Gasteiger partial charge < -0.3 is 5.32 Å². The minimum Gasteiger partial charge on any atom is -0.322 e. The highest BCUT2D eigenvalue weighted by atomic mass is 16.2. The SMILES string of the molecule is CCc1c(C)nn(C(=O)c2ccc(NC(=O)c3ccc(C(C)(C)C)cc3)cc2)c1C. The lowest BCUT2D eigenvalue weighted by Gasteiger charge is -2.19. The van der Waals surface area contributed by atoms with Crippen molar-refractivity contribution < 1.29 is 9.59 Å². The quantitative estimate of drug-likeness (QED) is 0.643. The molecule has 0 saturated carbocycles. The predicted octanol–water partition coefficient (Wildman–Crippen LogP) is 5.30. The van der Waals surface area contributed by atoms with E-state index in [1.54, 1.807) is 24.3 Å². The highest BCUT2D eigenvalue weighted by Gasteiger charge is 2.17. The van der Waals surface area contributed by atoms with E-state index in [4.69, 9.17) is 0 Å². The minimum absolute atomic E-state index is 0.0424. The van der Waals surface area contributed by atoms with E-state index in [1.807, 2.05) is 38.1 Å². The first-order valence-electron chi connectivity index (χ1n) is 10.2. The lowest BCUT2D eigenvalue weighted by atomic mass is 9.87. The first kappa shape index (κ1) is 21.5. The van der Waals surface area contributed by atoms with Gasteiger partial charge in [0.05, 0.1) is 5.69 Å². The molecule has 0 aliphatic heterocycles. The maximum atomic E-state index is 12.8. The number of carbonyl (C=O) groups is 2. The van der Waals surface area contributed by atoms with Crippen molar-refractivity contribution in [3.8, 4) is 0 Å². The van der Waals surface area contributed by atoms with Gasteiger partial charge in [-0.05, 0) is 73.2 Å². The summed E-state index contributed by atoms with van der Waals surface area (Å²) in [6.07, 6.45) is 0.840. The van der Waals surface area contributed by atoms with Crippen molar-refractivity contribution in [3.63, 3.8) is 0 Å². The lowest BCUT2D eigenvalue weighted by molar-refractivity contribution is 0.0941. The molecule has 0 saturated heterocycles. The number of carbonyl (C=O) groups excluding carboxylic acids is 2. The number of aryl methyl sites for hydroxylation is 1. The van der Waals surface area contributed by atoms with E-state index in [0.717, 1.165) is 23.4 Å². The number of aromatic nitrogens is 2. The van der Waals surface area contributed by atoms with Crippen molar-refractivity contribution in [1.29, 1.82) is 0 Å².